The summed E-state index contributed by atoms with van der Waals surface area (Å²) >= 11 is 1.79. The van der Waals surface area contributed by atoms with Crippen molar-refractivity contribution >= 4 is 17.5 Å². The van der Waals surface area contributed by atoms with Gasteiger partial charge in [0.25, 0.3) is 0 Å². The number of ketones is 1. The number of benzene rings is 1. The lowest BCUT2D eigenvalue weighted by atomic mass is 10.0. The number of Topliss-reactive ketones (excluding diaryl/α,β-unsaturated/α-hetero) is 1. The summed E-state index contributed by atoms with van der Waals surface area (Å²) in [4.78, 5) is 14.6. The van der Waals surface area contributed by atoms with E-state index >= 15 is 0 Å². The molecule has 0 aromatic heterocycles. The normalized spacial score (nSPS) is 18.2. The molecule has 1 aliphatic rings. The van der Waals surface area contributed by atoms with Crippen LogP contribution in [0.3, 0.4) is 0 Å². The molecule has 1 heterocycles. The van der Waals surface area contributed by atoms with Crippen LogP contribution in [0.5, 0.6) is 0 Å². The monoisotopic (exact) mass is 279 g/mol. The summed E-state index contributed by atoms with van der Waals surface area (Å²) in [6, 6.07) is 7.94. The van der Waals surface area contributed by atoms with E-state index in [0.717, 1.165) is 37.6 Å². The standard InChI is InChI=1S/C15H21NO2S/c1-12(16-7-9-18-10-8-16)15(17)14-5-3-13(4-6-14)11-19-2/h3-6,12H,7-11H2,1-2H3. The van der Waals surface area contributed by atoms with Gasteiger partial charge in [-0.2, -0.15) is 11.8 Å². The van der Waals surface area contributed by atoms with Gasteiger partial charge in [0.2, 0.25) is 0 Å². The Hall–Kier alpha value is -0.840. The Kier molecular flexibility index (Phi) is 5.43. The van der Waals surface area contributed by atoms with Crippen molar-refractivity contribution in [2.24, 2.45) is 0 Å². The minimum atomic E-state index is -0.0599. The van der Waals surface area contributed by atoms with Crippen LogP contribution in [-0.4, -0.2) is 49.3 Å². The first-order valence-corrected chi connectivity index (χ1v) is 8.05. The van der Waals surface area contributed by atoms with E-state index < -0.39 is 0 Å². The second-order valence-corrected chi connectivity index (χ2v) is 5.68. The van der Waals surface area contributed by atoms with Gasteiger partial charge >= 0.3 is 0 Å². The molecule has 3 nitrogen and oxygen atoms in total. The van der Waals surface area contributed by atoms with Crippen LogP contribution in [0.2, 0.25) is 0 Å². The van der Waals surface area contributed by atoms with Gasteiger partial charge in [0.05, 0.1) is 19.3 Å². The number of ether oxygens (including phenoxy) is 1. The van der Waals surface area contributed by atoms with E-state index in [1.807, 2.05) is 19.1 Å². The maximum absolute atomic E-state index is 12.4. The quantitative estimate of drug-likeness (QED) is 0.774. The molecule has 4 heteroatoms. The average molecular weight is 279 g/mol. The number of rotatable bonds is 5. The molecule has 0 bridgehead atoms. The zero-order valence-electron chi connectivity index (χ0n) is 11.6. The van der Waals surface area contributed by atoms with Gasteiger partial charge in [-0.15, -0.1) is 0 Å². The predicted octanol–water partition coefficient (Wildman–Crippen LogP) is 2.45. The third-order valence-corrected chi connectivity index (χ3v) is 4.14. The maximum Gasteiger partial charge on any atom is 0.179 e. The summed E-state index contributed by atoms with van der Waals surface area (Å²) < 4.78 is 5.32. The first kappa shape index (κ1) is 14.6. The third-order valence-electron chi connectivity index (χ3n) is 3.52. The summed E-state index contributed by atoms with van der Waals surface area (Å²) in [5.41, 5.74) is 2.08. The van der Waals surface area contributed by atoms with Gasteiger partial charge in [0, 0.05) is 24.4 Å². The topological polar surface area (TPSA) is 29.5 Å². The summed E-state index contributed by atoms with van der Waals surface area (Å²) in [7, 11) is 0. The van der Waals surface area contributed by atoms with Gasteiger partial charge in [-0.25, -0.2) is 0 Å². The van der Waals surface area contributed by atoms with Gasteiger partial charge in [-0.3, -0.25) is 9.69 Å². The summed E-state index contributed by atoms with van der Waals surface area (Å²) in [6.07, 6.45) is 2.08. The van der Waals surface area contributed by atoms with Crippen molar-refractivity contribution in [2.75, 3.05) is 32.6 Å². The molecule has 19 heavy (non-hydrogen) atoms. The highest BCUT2D eigenvalue weighted by atomic mass is 32.2. The van der Waals surface area contributed by atoms with E-state index in [2.05, 4.69) is 23.3 Å². The van der Waals surface area contributed by atoms with Crippen molar-refractivity contribution in [3.8, 4) is 0 Å². The van der Waals surface area contributed by atoms with Crippen LogP contribution >= 0.6 is 11.8 Å². The molecule has 0 amide bonds. The Labute approximate surface area is 119 Å². The highest BCUT2D eigenvalue weighted by Gasteiger charge is 2.23. The fourth-order valence-electron chi connectivity index (χ4n) is 2.30. The van der Waals surface area contributed by atoms with Gasteiger partial charge in [-0.1, -0.05) is 24.3 Å². The van der Waals surface area contributed by atoms with Crippen molar-refractivity contribution < 1.29 is 9.53 Å². The first-order valence-electron chi connectivity index (χ1n) is 6.66. The molecular formula is C15H21NO2S. The minimum absolute atomic E-state index is 0.0599. The fourth-order valence-corrected chi connectivity index (χ4v) is 2.83. The van der Waals surface area contributed by atoms with Crippen LogP contribution in [0.15, 0.2) is 24.3 Å². The van der Waals surface area contributed by atoms with E-state index in [1.54, 1.807) is 11.8 Å². The van der Waals surface area contributed by atoms with Crippen molar-refractivity contribution in [1.82, 2.24) is 4.90 Å². The summed E-state index contributed by atoms with van der Waals surface area (Å²) in [6.45, 7) is 5.13. The molecule has 0 aliphatic carbocycles. The smallest absolute Gasteiger partial charge is 0.179 e. The number of thioether (sulfide) groups is 1. The molecule has 0 radical (unpaired) electrons. The fraction of sp³-hybridized carbons (Fsp3) is 0.533. The van der Waals surface area contributed by atoms with Crippen LogP contribution in [-0.2, 0) is 10.5 Å². The molecule has 2 rings (SSSR count). The van der Waals surface area contributed by atoms with E-state index in [-0.39, 0.29) is 11.8 Å². The van der Waals surface area contributed by atoms with Crippen molar-refractivity contribution in [3.63, 3.8) is 0 Å². The van der Waals surface area contributed by atoms with Gasteiger partial charge < -0.3 is 4.74 Å². The average Bonchev–Trinajstić information content (AvgIpc) is 2.48. The molecule has 1 saturated heterocycles. The molecule has 1 fully saturated rings. The number of morpholine rings is 1. The molecule has 1 aliphatic heterocycles. The lowest BCUT2D eigenvalue weighted by Gasteiger charge is -2.31. The maximum atomic E-state index is 12.4. The predicted molar refractivity (Wildman–Crippen MR) is 79.8 cm³/mol. The SMILES string of the molecule is CSCc1ccc(C(=O)C(C)N2CCOCC2)cc1. The van der Waals surface area contributed by atoms with Crippen molar-refractivity contribution in [3.05, 3.63) is 35.4 Å². The van der Waals surface area contributed by atoms with E-state index in [9.17, 15) is 4.79 Å². The van der Waals surface area contributed by atoms with Crippen molar-refractivity contribution in [1.29, 1.82) is 0 Å². The lowest BCUT2D eigenvalue weighted by molar-refractivity contribution is 0.0208. The number of carbonyl (C=O) groups excluding carboxylic acids is 1. The molecule has 0 spiro atoms. The van der Waals surface area contributed by atoms with Gasteiger partial charge in [0.1, 0.15) is 0 Å². The zero-order chi connectivity index (χ0) is 13.7. The molecular weight excluding hydrogens is 258 g/mol. The highest BCUT2D eigenvalue weighted by Crippen LogP contribution is 2.14. The third kappa shape index (κ3) is 3.81. The first-order chi connectivity index (χ1) is 9.22. The zero-order valence-corrected chi connectivity index (χ0v) is 12.4. The summed E-state index contributed by atoms with van der Waals surface area (Å²) in [5.74, 6) is 1.20. The number of nitrogens with zero attached hydrogens (tertiary/aromatic N) is 1. The van der Waals surface area contributed by atoms with Crippen LogP contribution in [0, 0.1) is 0 Å². The van der Waals surface area contributed by atoms with Crippen molar-refractivity contribution in [2.45, 2.75) is 18.7 Å². The second kappa shape index (κ2) is 7.08. The van der Waals surface area contributed by atoms with E-state index in [4.69, 9.17) is 4.74 Å². The minimum Gasteiger partial charge on any atom is -0.379 e. The number of hydrogen-bond donors (Lipinski definition) is 0. The summed E-state index contributed by atoms with van der Waals surface area (Å²) in [5, 5.41) is 0. The molecule has 104 valence electrons. The van der Waals surface area contributed by atoms with Gasteiger partial charge in [0.15, 0.2) is 5.78 Å². The number of hydrogen-bond acceptors (Lipinski definition) is 4. The molecule has 1 aromatic carbocycles. The molecule has 1 aromatic rings. The van der Waals surface area contributed by atoms with Crippen LogP contribution < -0.4 is 0 Å². The van der Waals surface area contributed by atoms with E-state index in [0.29, 0.717) is 0 Å². The Morgan fingerprint density at radius 3 is 2.53 bits per heavy atom. The Morgan fingerprint density at radius 1 is 1.32 bits per heavy atom. The van der Waals surface area contributed by atoms with Crippen LogP contribution in [0.25, 0.3) is 0 Å². The molecule has 0 saturated carbocycles. The molecule has 0 N–H and O–H groups in total. The Morgan fingerprint density at radius 2 is 1.95 bits per heavy atom. The second-order valence-electron chi connectivity index (χ2n) is 4.82. The van der Waals surface area contributed by atoms with Crippen LogP contribution in [0.1, 0.15) is 22.8 Å². The number of carbonyl (C=O) groups is 1. The lowest BCUT2D eigenvalue weighted by Crippen LogP contribution is -2.45. The molecule has 1 atom stereocenters. The Balaban J connectivity index is 2.01. The van der Waals surface area contributed by atoms with E-state index in [1.165, 1.54) is 5.56 Å². The largest absolute Gasteiger partial charge is 0.379 e. The Bertz CT molecular complexity index is 413. The molecule has 1 unspecified atom stereocenters. The van der Waals surface area contributed by atoms with Crippen LogP contribution in [0.4, 0.5) is 0 Å². The highest BCUT2D eigenvalue weighted by molar-refractivity contribution is 7.97. The van der Waals surface area contributed by atoms with Gasteiger partial charge in [-0.05, 0) is 18.7 Å².